The topological polar surface area (TPSA) is 147 Å². The van der Waals surface area contributed by atoms with Crippen LogP contribution in [0, 0.1) is 0 Å². The molecule has 0 saturated carbocycles. The van der Waals surface area contributed by atoms with Gasteiger partial charge in [0.2, 0.25) is 0 Å². The van der Waals surface area contributed by atoms with Gasteiger partial charge in [-0.2, -0.15) is 15.4 Å². The molecule has 0 unspecified atom stereocenters. The Kier molecular flexibility index (Phi) is 18.1. The van der Waals surface area contributed by atoms with E-state index in [9.17, 15) is 9.59 Å². The van der Waals surface area contributed by atoms with Gasteiger partial charge in [0, 0.05) is 25.9 Å². The van der Waals surface area contributed by atoms with E-state index >= 15 is 0 Å². The van der Waals surface area contributed by atoms with Crippen LogP contribution in [0.1, 0.15) is 63.5 Å². The Bertz CT molecular complexity index is 1950. The Hall–Kier alpha value is -5.82. The number of nitrogens with zero attached hydrogens (tertiary/aromatic N) is 6. The maximum atomic E-state index is 11.7. The lowest BCUT2D eigenvalue weighted by Gasteiger charge is -2.22. The molecule has 0 aliphatic rings. The van der Waals surface area contributed by atoms with Crippen LogP contribution < -0.4 is 9.47 Å². The molecule has 0 aliphatic carbocycles. The largest absolute Gasteiger partial charge is 0.497 e. The zero-order chi connectivity index (χ0) is 39.1. The number of aromatic amines is 1. The number of hydrogen-bond donors (Lipinski definition) is 1. The van der Waals surface area contributed by atoms with Gasteiger partial charge in [0.05, 0.1) is 39.6 Å². The van der Waals surface area contributed by atoms with Crippen molar-refractivity contribution in [2.75, 3.05) is 34.0 Å². The minimum Gasteiger partial charge on any atom is -0.497 e. The van der Waals surface area contributed by atoms with Crippen molar-refractivity contribution in [1.82, 2.24) is 35.3 Å². The van der Waals surface area contributed by atoms with Crippen LogP contribution in [0.25, 0.3) is 22.1 Å². The molecule has 0 saturated heterocycles. The number of methoxy groups -OCH3 is 2. The Morgan fingerprint density at radius 1 is 0.655 bits per heavy atom. The highest BCUT2D eigenvalue weighted by atomic mass is 16.5. The van der Waals surface area contributed by atoms with Crippen LogP contribution in [-0.4, -0.2) is 81.2 Å². The zero-order valence-electron chi connectivity index (χ0n) is 32.4. The molecule has 292 valence electrons. The van der Waals surface area contributed by atoms with Crippen molar-refractivity contribution in [2.24, 2.45) is 0 Å². The summed E-state index contributed by atoms with van der Waals surface area (Å²) in [5.74, 6) is 1.49. The Morgan fingerprint density at radius 2 is 1.20 bits per heavy atom. The number of esters is 2. The molecule has 0 atom stereocenters. The number of ether oxygens (including phenoxy) is 4. The van der Waals surface area contributed by atoms with Gasteiger partial charge < -0.3 is 18.9 Å². The summed E-state index contributed by atoms with van der Waals surface area (Å²) in [6.07, 6.45) is 5.79. The monoisotopic (exact) mass is 751 g/mol. The number of para-hydroxylation sites is 3. The molecule has 6 aromatic rings. The number of carbonyl (C=O) groups excluding carboxylic acids is 2. The van der Waals surface area contributed by atoms with Crippen molar-refractivity contribution in [3.8, 4) is 11.5 Å². The molecular formula is C42H53N7O6. The number of hydrogen-bond acceptors (Lipinski definition) is 11. The molecule has 0 radical (unpaired) electrons. The standard InChI is InChI=1S/C21H26N4O3.C15H22O3.C6H5N3/c1-3-28-21(26)9-6-14-24(15-17-10-12-18(27-2)13-11-17)16-25-20-8-5-4-7-19(20)22-23-25;1-3-18-15(16)8-6-4-5-7-13-9-11-14(17-2)12-10-13;1-2-4-6-5(3-1)7-9-8-6/h4-5,7-8,10-13H,3,6,9,14-16H2,1-2H3;9-12H,3-8H2,1-2H3;1-4H,(H,7,8,9). The van der Waals surface area contributed by atoms with Crippen molar-refractivity contribution >= 4 is 34.0 Å². The first-order valence-electron chi connectivity index (χ1n) is 18.8. The second-order valence-electron chi connectivity index (χ2n) is 12.6. The highest BCUT2D eigenvalue weighted by Gasteiger charge is 2.12. The molecule has 2 aromatic heterocycles. The smallest absolute Gasteiger partial charge is 0.305 e. The van der Waals surface area contributed by atoms with Crippen LogP contribution in [0.15, 0.2) is 97.1 Å². The zero-order valence-corrected chi connectivity index (χ0v) is 32.4. The number of nitrogens with one attached hydrogen (secondary N) is 1. The molecular weight excluding hydrogens is 699 g/mol. The predicted octanol–water partition coefficient (Wildman–Crippen LogP) is 7.56. The molecule has 0 bridgehead atoms. The van der Waals surface area contributed by atoms with E-state index in [1.54, 1.807) is 14.2 Å². The first kappa shape index (κ1) is 41.9. The highest BCUT2D eigenvalue weighted by molar-refractivity contribution is 5.74. The number of H-pyrrole nitrogens is 1. The summed E-state index contributed by atoms with van der Waals surface area (Å²) in [7, 11) is 3.33. The Morgan fingerprint density at radius 3 is 1.78 bits per heavy atom. The molecule has 0 aliphatic heterocycles. The van der Waals surface area contributed by atoms with Crippen LogP contribution in [-0.2, 0) is 38.7 Å². The van der Waals surface area contributed by atoms with Gasteiger partial charge >= 0.3 is 11.9 Å². The molecule has 55 heavy (non-hydrogen) atoms. The van der Waals surface area contributed by atoms with Crippen LogP contribution in [0.5, 0.6) is 11.5 Å². The van der Waals surface area contributed by atoms with Crippen molar-refractivity contribution in [2.45, 2.75) is 72.0 Å². The second kappa shape index (κ2) is 23.8. The molecule has 4 aromatic carbocycles. The Labute approximate surface area is 322 Å². The van der Waals surface area contributed by atoms with Crippen LogP contribution in [0.4, 0.5) is 0 Å². The van der Waals surface area contributed by atoms with Gasteiger partial charge in [0.15, 0.2) is 0 Å². The number of unbranched alkanes of at least 4 members (excludes halogenated alkanes) is 2. The third kappa shape index (κ3) is 14.9. The maximum Gasteiger partial charge on any atom is 0.305 e. The van der Waals surface area contributed by atoms with E-state index in [1.807, 2.05) is 91.3 Å². The lowest BCUT2D eigenvalue weighted by atomic mass is 10.1. The maximum absolute atomic E-state index is 11.7. The van der Waals surface area contributed by atoms with Crippen LogP contribution >= 0.6 is 0 Å². The fourth-order valence-corrected chi connectivity index (χ4v) is 5.67. The normalized spacial score (nSPS) is 10.6. The summed E-state index contributed by atoms with van der Waals surface area (Å²) in [6.45, 7) is 6.63. The molecule has 1 N–H and O–H groups in total. The number of fused-ring (bicyclic) bond motifs is 2. The van der Waals surface area contributed by atoms with E-state index < -0.39 is 0 Å². The molecule has 2 heterocycles. The number of carbonyl (C=O) groups is 2. The van der Waals surface area contributed by atoms with Gasteiger partial charge in [0.1, 0.15) is 28.0 Å². The lowest BCUT2D eigenvalue weighted by Crippen LogP contribution is -2.28. The molecule has 6 rings (SSSR count). The summed E-state index contributed by atoms with van der Waals surface area (Å²) in [4.78, 5) is 25.0. The van der Waals surface area contributed by atoms with E-state index in [2.05, 4.69) is 54.9 Å². The SMILES string of the molecule is CCOC(=O)CCCCCc1ccc(OC)cc1.CCOC(=O)CCCN(Cc1ccc(OC)cc1)Cn1nnc2ccccc21.c1ccc2n[nH]nc2c1. The highest BCUT2D eigenvalue weighted by Crippen LogP contribution is 2.17. The predicted molar refractivity (Wildman–Crippen MR) is 212 cm³/mol. The minimum absolute atomic E-state index is 0.0815. The van der Waals surface area contributed by atoms with Gasteiger partial charge in [-0.05, 0) is 99.2 Å². The number of benzene rings is 4. The van der Waals surface area contributed by atoms with Crippen molar-refractivity contribution in [3.63, 3.8) is 0 Å². The molecule has 0 fully saturated rings. The average molecular weight is 752 g/mol. The fourth-order valence-electron chi connectivity index (χ4n) is 5.67. The third-order valence-corrected chi connectivity index (χ3v) is 8.51. The number of rotatable bonds is 18. The van der Waals surface area contributed by atoms with Crippen molar-refractivity contribution < 1.29 is 28.5 Å². The first-order chi connectivity index (χ1) is 26.9. The molecule has 13 heteroatoms. The van der Waals surface area contributed by atoms with Gasteiger partial charge in [-0.3, -0.25) is 14.5 Å². The third-order valence-electron chi connectivity index (χ3n) is 8.51. The molecule has 13 nitrogen and oxygen atoms in total. The lowest BCUT2D eigenvalue weighted by molar-refractivity contribution is -0.144. The van der Waals surface area contributed by atoms with E-state index in [1.165, 1.54) is 11.1 Å². The van der Waals surface area contributed by atoms with Gasteiger partial charge in [-0.1, -0.05) is 60.2 Å². The number of aromatic nitrogens is 6. The van der Waals surface area contributed by atoms with E-state index in [4.69, 9.17) is 18.9 Å². The summed E-state index contributed by atoms with van der Waals surface area (Å²) >= 11 is 0. The summed E-state index contributed by atoms with van der Waals surface area (Å²) in [5.41, 5.74) is 6.18. The van der Waals surface area contributed by atoms with Crippen LogP contribution in [0.2, 0.25) is 0 Å². The van der Waals surface area contributed by atoms with E-state index in [0.29, 0.717) is 32.7 Å². The number of aryl methyl sites for hydroxylation is 1. The van der Waals surface area contributed by atoms with Crippen molar-refractivity contribution in [1.29, 1.82) is 0 Å². The fraction of sp³-hybridized carbons (Fsp3) is 0.381. The van der Waals surface area contributed by atoms with Gasteiger partial charge in [0.25, 0.3) is 0 Å². The van der Waals surface area contributed by atoms with Crippen LogP contribution in [0.3, 0.4) is 0 Å². The average Bonchev–Trinajstić information content (AvgIpc) is 3.86. The van der Waals surface area contributed by atoms with Crippen molar-refractivity contribution in [3.05, 3.63) is 108 Å². The molecule has 0 amide bonds. The van der Waals surface area contributed by atoms with Gasteiger partial charge in [-0.25, -0.2) is 4.68 Å². The Balaban J connectivity index is 0.000000211. The van der Waals surface area contributed by atoms with E-state index in [0.717, 1.165) is 78.8 Å². The quantitative estimate of drug-likeness (QED) is 0.0686. The molecule has 0 spiro atoms. The second-order valence-corrected chi connectivity index (χ2v) is 12.6. The first-order valence-corrected chi connectivity index (χ1v) is 18.8. The minimum atomic E-state index is -0.155. The van der Waals surface area contributed by atoms with E-state index in [-0.39, 0.29) is 11.9 Å². The summed E-state index contributed by atoms with van der Waals surface area (Å²) in [6, 6.07) is 31.8. The summed E-state index contributed by atoms with van der Waals surface area (Å²) in [5, 5.41) is 18.8. The summed E-state index contributed by atoms with van der Waals surface area (Å²) < 4.78 is 22.1. The van der Waals surface area contributed by atoms with Gasteiger partial charge in [-0.15, -0.1) is 5.10 Å².